The summed E-state index contributed by atoms with van der Waals surface area (Å²) in [5.74, 6) is 1.57. The number of thiophene rings is 1. The summed E-state index contributed by atoms with van der Waals surface area (Å²) in [5.41, 5.74) is 1.01. The SMILES string of the molecule is S=C(NCC[NH+]1CCOCC1)N(Cc1cccs1)c1ccc2c(c1)OCCO2. The molecule has 0 unspecified atom stereocenters. The number of fused-ring (bicyclic) bond motifs is 1. The second kappa shape index (κ2) is 9.56. The predicted molar refractivity (Wildman–Crippen MR) is 115 cm³/mol. The number of thiocarbonyl (C=S) groups is 1. The van der Waals surface area contributed by atoms with Crippen LogP contribution in [0, 0.1) is 0 Å². The summed E-state index contributed by atoms with van der Waals surface area (Å²) in [5, 5.41) is 6.28. The van der Waals surface area contributed by atoms with Gasteiger partial charge in [-0.05, 0) is 35.8 Å². The summed E-state index contributed by atoms with van der Waals surface area (Å²) in [4.78, 5) is 4.96. The number of ether oxygens (including phenoxy) is 3. The highest BCUT2D eigenvalue weighted by Gasteiger charge is 2.19. The maximum Gasteiger partial charge on any atom is 0.174 e. The zero-order chi connectivity index (χ0) is 19.2. The summed E-state index contributed by atoms with van der Waals surface area (Å²) in [6.07, 6.45) is 0. The molecule has 1 aromatic carbocycles. The van der Waals surface area contributed by atoms with Gasteiger partial charge in [-0.15, -0.1) is 11.3 Å². The molecule has 0 atom stereocenters. The van der Waals surface area contributed by atoms with Gasteiger partial charge in [-0.2, -0.15) is 0 Å². The van der Waals surface area contributed by atoms with Gasteiger partial charge >= 0.3 is 0 Å². The fourth-order valence-corrected chi connectivity index (χ4v) is 4.36. The van der Waals surface area contributed by atoms with Gasteiger partial charge in [0.05, 0.1) is 32.8 Å². The zero-order valence-corrected chi connectivity index (χ0v) is 17.4. The number of quaternary nitrogens is 1. The Bertz CT molecular complexity index is 779. The van der Waals surface area contributed by atoms with Crippen molar-refractivity contribution in [1.29, 1.82) is 0 Å². The lowest BCUT2D eigenvalue weighted by molar-refractivity contribution is -0.906. The van der Waals surface area contributed by atoms with E-state index in [1.165, 1.54) is 4.88 Å². The van der Waals surface area contributed by atoms with Crippen LogP contribution in [0.1, 0.15) is 4.88 Å². The zero-order valence-electron chi connectivity index (χ0n) is 15.8. The van der Waals surface area contributed by atoms with E-state index in [2.05, 4.69) is 27.7 Å². The molecule has 0 amide bonds. The predicted octanol–water partition coefficient (Wildman–Crippen LogP) is 1.32. The van der Waals surface area contributed by atoms with Crippen molar-refractivity contribution in [2.45, 2.75) is 6.54 Å². The van der Waals surface area contributed by atoms with Crippen LogP contribution in [0.5, 0.6) is 11.5 Å². The van der Waals surface area contributed by atoms with E-state index in [1.54, 1.807) is 16.2 Å². The Morgan fingerprint density at radius 2 is 1.93 bits per heavy atom. The Morgan fingerprint density at radius 1 is 1.11 bits per heavy atom. The number of nitrogens with one attached hydrogen (secondary N) is 2. The van der Waals surface area contributed by atoms with Crippen LogP contribution in [0.3, 0.4) is 0 Å². The first-order chi connectivity index (χ1) is 13.8. The number of rotatable bonds is 6. The molecule has 1 aromatic heterocycles. The molecule has 0 saturated carbocycles. The van der Waals surface area contributed by atoms with Crippen LogP contribution in [0.4, 0.5) is 5.69 Å². The highest BCUT2D eigenvalue weighted by molar-refractivity contribution is 7.80. The molecule has 28 heavy (non-hydrogen) atoms. The van der Waals surface area contributed by atoms with Gasteiger partial charge in [-0.1, -0.05) is 6.07 Å². The summed E-state index contributed by atoms with van der Waals surface area (Å²) in [6, 6.07) is 10.2. The van der Waals surface area contributed by atoms with Crippen LogP contribution >= 0.6 is 23.6 Å². The molecule has 4 rings (SSSR count). The molecule has 150 valence electrons. The quantitative estimate of drug-likeness (QED) is 0.688. The van der Waals surface area contributed by atoms with E-state index < -0.39 is 0 Å². The van der Waals surface area contributed by atoms with E-state index in [1.807, 2.05) is 18.2 Å². The molecule has 0 bridgehead atoms. The molecule has 2 aliphatic heterocycles. The first kappa shape index (κ1) is 19.4. The number of anilines is 1. The second-order valence-electron chi connectivity index (χ2n) is 6.84. The van der Waals surface area contributed by atoms with Gasteiger partial charge in [0, 0.05) is 16.6 Å². The number of morpholine rings is 1. The van der Waals surface area contributed by atoms with E-state index in [0.29, 0.717) is 13.2 Å². The average Bonchev–Trinajstić information content (AvgIpc) is 3.26. The van der Waals surface area contributed by atoms with Gasteiger partial charge in [0.25, 0.3) is 0 Å². The van der Waals surface area contributed by atoms with Crippen molar-refractivity contribution < 1.29 is 19.1 Å². The summed E-state index contributed by atoms with van der Waals surface area (Å²) in [6.45, 7) is 7.61. The molecule has 1 fully saturated rings. The van der Waals surface area contributed by atoms with Crippen molar-refractivity contribution in [2.24, 2.45) is 0 Å². The fraction of sp³-hybridized carbons (Fsp3) is 0.450. The molecule has 0 radical (unpaired) electrons. The first-order valence-corrected chi connectivity index (χ1v) is 11.0. The minimum Gasteiger partial charge on any atom is -0.486 e. The second-order valence-corrected chi connectivity index (χ2v) is 8.26. The topological polar surface area (TPSA) is 47.4 Å². The molecule has 8 heteroatoms. The molecular weight excluding hydrogens is 394 g/mol. The maximum absolute atomic E-state index is 5.77. The van der Waals surface area contributed by atoms with Gasteiger partial charge in [0.2, 0.25) is 0 Å². The Balaban J connectivity index is 1.44. The van der Waals surface area contributed by atoms with Gasteiger partial charge < -0.3 is 29.3 Å². The Labute approximate surface area is 175 Å². The van der Waals surface area contributed by atoms with Crippen molar-refractivity contribution in [3.8, 4) is 11.5 Å². The third-order valence-corrected chi connectivity index (χ3v) is 6.16. The smallest absolute Gasteiger partial charge is 0.174 e. The van der Waals surface area contributed by atoms with Gasteiger partial charge in [-0.3, -0.25) is 0 Å². The van der Waals surface area contributed by atoms with E-state index in [-0.39, 0.29) is 0 Å². The molecule has 1 saturated heterocycles. The van der Waals surface area contributed by atoms with Crippen LogP contribution in [0.15, 0.2) is 35.7 Å². The van der Waals surface area contributed by atoms with Crippen molar-refractivity contribution >= 4 is 34.4 Å². The maximum atomic E-state index is 5.77. The van der Waals surface area contributed by atoms with Crippen LogP contribution in [-0.4, -0.2) is 57.7 Å². The van der Waals surface area contributed by atoms with Crippen molar-refractivity contribution in [3.05, 3.63) is 40.6 Å². The first-order valence-electron chi connectivity index (χ1n) is 9.68. The van der Waals surface area contributed by atoms with E-state index in [4.69, 9.17) is 26.4 Å². The number of nitrogens with zero attached hydrogens (tertiary/aromatic N) is 1. The lowest BCUT2D eigenvalue weighted by Crippen LogP contribution is -3.14. The van der Waals surface area contributed by atoms with Crippen molar-refractivity contribution in [2.75, 3.05) is 57.5 Å². The van der Waals surface area contributed by atoms with Crippen LogP contribution in [0.25, 0.3) is 0 Å². The molecule has 0 aliphatic carbocycles. The van der Waals surface area contributed by atoms with Crippen LogP contribution in [0.2, 0.25) is 0 Å². The Hall–Kier alpha value is -1.87. The van der Waals surface area contributed by atoms with E-state index >= 15 is 0 Å². The fourth-order valence-electron chi connectivity index (χ4n) is 3.39. The monoisotopic (exact) mass is 420 g/mol. The minimum atomic E-state index is 0.576. The lowest BCUT2D eigenvalue weighted by Gasteiger charge is -2.28. The number of hydrogen-bond donors (Lipinski definition) is 2. The largest absolute Gasteiger partial charge is 0.486 e. The van der Waals surface area contributed by atoms with Gasteiger partial charge in [-0.25, -0.2) is 0 Å². The molecular formula is C20H26N3O3S2+. The Kier molecular flexibility index (Phi) is 6.64. The van der Waals surface area contributed by atoms with Crippen molar-refractivity contribution in [3.63, 3.8) is 0 Å². The third kappa shape index (κ3) is 4.94. The summed E-state index contributed by atoms with van der Waals surface area (Å²) < 4.78 is 16.8. The molecule has 6 nitrogen and oxygen atoms in total. The normalized spacial score (nSPS) is 16.6. The van der Waals surface area contributed by atoms with Gasteiger partial charge in [0.15, 0.2) is 16.6 Å². The highest BCUT2D eigenvalue weighted by Crippen LogP contribution is 2.34. The number of hydrogen-bond acceptors (Lipinski definition) is 5. The molecule has 3 heterocycles. The van der Waals surface area contributed by atoms with Crippen LogP contribution in [-0.2, 0) is 11.3 Å². The highest BCUT2D eigenvalue weighted by atomic mass is 32.1. The molecule has 2 aromatic rings. The van der Waals surface area contributed by atoms with Crippen molar-refractivity contribution in [1.82, 2.24) is 5.32 Å². The number of benzene rings is 1. The van der Waals surface area contributed by atoms with Crippen LogP contribution < -0.4 is 24.6 Å². The Morgan fingerprint density at radius 3 is 2.71 bits per heavy atom. The molecule has 2 aliphatic rings. The van der Waals surface area contributed by atoms with E-state index in [0.717, 1.165) is 68.2 Å². The third-order valence-electron chi connectivity index (χ3n) is 4.93. The lowest BCUT2D eigenvalue weighted by atomic mass is 10.2. The standard InChI is InChI=1S/C20H25N3O3S2/c27-20(21-5-6-22-7-9-24-10-8-22)23(15-17-2-1-13-28-17)16-3-4-18-19(14-16)26-12-11-25-18/h1-4,13-14H,5-12,15H2,(H,21,27)/p+1. The molecule has 2 N–H and O–H groups in total. The molecule has 0 spiro atoms. The minimum absolute atomic E-state index is 0.576. The summed E-state index contributed by atoms with van der Waals surface area (Å²) >= 11 is 7.50. The average molecular weight is 421 g/mol. The van der Waals surface area contributed by atoms with Gasteiger partial charge in [0.1, 0.15) is 26.3 Å². The van der Waals surface area contributed by atoms with E-state index in [9.17, 15) is 0 Å². The summed E-state index contributed by atoms with van der Waals surface area (Å²) in [7, 11) is 0.